The summed E-state index contributed by atoms with van der Waals surface area (Å²) >= 11 is 0. The van der Waals surface area contributed by atoms with Gasteiger partial charge in [0.1, 0.15) is 12.8 Å². The highest BCUT2D eigenvalue weighted by atomic mass is 35.5. The Morgan fingerprint density at radius 2 is 2.33 bits per heavy atom. The zero-order valence-corrected chi connectivity index (χ0v) is 5.61. The van der Waals surface area contributed by atoms with Crippen LogP contribution in [0.3, 0.4) is 0 Å². The van der Waals surface area contributed by atoms with Crippen molar-refractivity contribution >= 4 is 24.6 Å². The topological polar surface area (TPSA) is 50.2 Å². The highest BCUT2D eigenvalue weighted by Gasteiger charge is 1.89. The van der Waals surface area contributed by atoms with E-state index in [1.165, 1.54) is 6.08 Å². The fourth-order valence-electron chi connectivity index (χ4n) is 0.183. The molecule has 3 nitrogen and oxygen atoms in total. The Kier molecular flexibility index (Phi) is 8.79. The van der Waals surface area contributed by atoms with Gasteiger partial charge in [0.25, 0.3) is 0 Å². The minimum Gasteiger partial charge on any atom is -0.457 e. The van der Waals surface area contributed by atoms with E-state index in [9.17, 15) is 4.79 Å². The summed E-state index contributed by atoms with van der Waals surface area (Å²) in [6.45, 7) is 3.49. The second kappa shape index (κ2) is 7.17. The molecule has 0 aromatic heterocycles. The lowest BCUT2D eigenvalue weighted by molar-refractivity contribution is -0.133. The van der Waals surface area contributed by atoms with E-state index in [4.69, 9.17) is 5.41 Å². The maximum atomic E-state index is 10.1. The van der Waals surface area contributed by atoms with Crippen molar-refractivity contribution in [3.05, 3.63) is 12.7 Å². The van der Waals surface area contributed by atoms with Crippen LogP contribution in [0.15, 0.2) is 12.7 Å². The monoisotopic (exact) mass is 149 g/mol. The summed E-state index contributed by atoms with van der Waals surface area (Å²) in [7, 11) is 0. The van der Waals surface area contributed by atoms with Crippen molar-refractivity contribution in [1.29, 1.82) is 5.41 Å². The van der Waals surface area contributed by atoms with Gasteiger partial charge in [-0.25, -0.2) is 4.79 Å². The molecule has 0 heterocycles. The first-order valence-corrected chi connectivity index (χ1v) is 2.09. The van der Waals surface area contributed by atoms with Crippen molar-refractivity contribution in [2.75, 3.05) is 6.61 Å². The van der Waals surface area contributed by atoms with Crippen LogP contribution in [0.2, 0.25) is 0 Å². The molecule has 0 atom stereocenters. The molecule has 9 heavy (non-hydrogen) atoms. The number of carbonyl (C=O) groups excluding carboxylic acids is 1. The minimum absolute atomic E-state index is 0. The molecule has 0 fully saturated rings. The number of rotatable bonds is 3. The molecule has 0 aromatic rings. The Morgan fingerprint density at radius 3 is 2.67 bits per heavy atom. The van der Waals surface area contributed by atoms with Crippen LogP contribution in [0.4, 0.5) is 0 Å². The van der Waals surface area contributed by atoms with Gasteiger partial charge in [0, 0.05) is 0 Å². The van der Waals surface area contributed by atoms with E-state index in [0.29, 0.717) is 6.21 Å². The SMILES string of the molecule is C=CCOC(=O)C=N.Cl. The number of hydrogen-bond donors (Lipinski definition) is 1. The van der Waals surface area contributed by atoms with Gasteiger partial charge in [-0.2, -0.15) is 0 Å². The number of carbonyl (C=O) groups is 1. The van der Waals surface area contributed by atoms with Gasteiger partial charge in [-0.1, -0.05) is 12.7 Å². The summed E-state index contributed by atoms with van der Waals surface area (Å²) in [6.07, 6.45) is 2.06. The average molecular weight is 150 g/mol. The first-order valence-electron chi connectivity index (χ1n) is 2.09. The van der Waals surface area contributed by atoms with Crippen LogP contribution in [0.5, 0.6) is 0 Å². The fraction of sp³-hybridized carbons (Fsp3) is 0.200. The summed E-state index contributed by atoms with van der Waals surface area (Å²) < 4.78 is 4.34. The standard InChI is InChI=1S/C5H7NO2.ClH/c1-2-3-8-5(7)4-6;/h2,4,6H,1,3H2;1H. The third-order valence-electron chi connectivity index (χ3n) is 0.461. The first kappa shape index (κ1) is 11.0. The molecule has 0 unspecified atom stereocenters. The van der Waals surface area contributed by atoms with Gasteiger partial charge < -0.3 is 10.1 Å². The van der Waals surface area contributed by atoms with E-state index in [0.717, 1.165) is 0 Å². The Balaban J connectivity index is 0. The number of nitrogens with one attached hydrogen (secondary N) is 1. The molecule has 0 aliphatic rings. The molecule has 0 radical (unpaired) electrons. The van der Waals surface area contributed by atoms with Crippen LogP contribution < -0.4 is 0 Å². The molecule has 4 heteroatoms. The predicted octanol–water partition coefficient (Wildman–Crippen LogP) is 0.787. The van der Waals surface area contributed by atoms with Gasteiger partial charge in [0.15, 0.2) is 0 Å². The van der Waals surface area contributed by atoms with E-state index in [-0.39, 0.29) is 19.0 Å². The zero-order chi connectivity index (χ0) is 6.41. The molecule has 0 bridgehead atoms. The second-order valence-corrected chi connectivity index (χ2v) is 1.06. The predicted molar refractivity (Wildman–Crippen MR) is 37.2 cm³/mol. The van der Waals surface area contributed by atoms with Crippen LogP contribution in [0.1, 0.15) is 0 Å². The van der Waals surface area contributed by atoms with Crippen LogP contribution in [-0.2, 0) is 9.53 Å². The molecule has 0 aliphatic heterocycles. The molecular weight excluding hydrogens is 142 g/mol. The van der Waals surface area contributed by atoms with Gasteiger partial charge in [0.2, 0.25) is 0 Å². The number of halogens is 1. The first-order chi connectivity index (χ1) is 3.81. The number of hydrogen-bond acceptors (Lipinski definition) is 3. The molecular formula is C5H8ClNO2. The Bertz CT molecular complexity index is 114. The van der Waals surface area contributed by atoms with Crippen molar-refractivity contribution in [2.45, 2.75) is 0 Å². The van der Waals surface area contributed by atoms with Gasteiger partial charge in [-0.3, -0.25) is 0 Å². The minimum atomic E-state index is -0.634. The summed E-state index contributed by atoms with van der Waals surface area (Å²) in [6, 6.07) is 0. The molecule has 0 spiro atoms. The van der Waals surface area contributed by atoms with Crippen molar-refractivity contribution in [3.8, 4) is 0 Å². The largest absolute Gasteiger partial charge is 0.457 e. The zero-order valence-electron chi connectivity index (χ0n) is 4.79. The lowest BCUT2D eigenvalue weighted by Gasteiger charge is -1.91. The van der Waals surface area contributed by atoms with Crippen molar-refractivity contribution in [1.82, 2.24) is 0 Å². The molecule has 0 rings (SSSR count). The molecule has 0 saturated carbocycles. The highest BCUT2D eigenvalue weighted by Crippen LogP contribution is 1.72. The van der Waals surface area contributed by atoms with Crippen LogP contribution in [0, 0.1) is 5.41 Å². The quantitative estimate of drug-likeness (QED) is 0.366. The van der Waals surface area contributed by atoms with Crippen molar-refractivity contribution in [3.63, 3.8) is 0 Å². The van der Waals surface area contributed by atoms with Crippen LogP contribution >= 0.6 is 12.4 Å². The summed E-state index contributed by atoms with van der Waals surface area (Å²) in [5.74, 6) is -0.634. The van der Waals surface area contributed by atoms with E-state index in [1.807, 2.05) is 0 Å². The molecule has 0 aromatic carbocycles. The number of esters is 1. The normalized spacial score (nSPS) is 6.67. The summed E-state index contributed by atoms with van der Waals surface area (Å²) in [5.41, 5.74) is 0. The van der Waals surface area contributed by atoms with Crippen LogP contribution in [-0.4, -0.2) is 18.8 Å². The number of ether oxygens (including phenoxy) is 1. The van der Waals surface area contributed by atoms with E-state index in [2.05, 4.69) is 11.3 Å². The maximum Gasteiger partial charge on any atom is 0.348 e. The molecule has 1 N–H and O–H groups in total. The fourth-order valence-corrected chi connectivity index (χ4v) is 0.183. The molecule has 0 saturated heterocycles. The van der Waals surface area contributed by atoms with E-state index < -0.39 is 5.97 Å². The lowest BCUT2D eigenvalue weighted by Crippen LogP contribution is -2.03. The van der Waals surface area contributed by atoms with Crippen molar-refractivity contribution < 1.29 is 9.53 Å². The van der Waals surface area contributed by atoms with Gasteiger partial charge in [-0.05, 0) is 0 Å². The van der Waals surface area contributed by atoms with Gasteiger partial charge in [-0.15, -0.1) is 12.4 Å². The van der Waals surface area contributed by atoms with E-state index >= 15 is 0 Å². The highest BCUT2D eigenvalue weighted by molar-refractivity contribution is 6.21. The third kappa shape index (κ3) is 7.17. The van der Waals surface area contributed by atoms with Crippen molar-refractivity contribution in [2.24, 2.45) is 0 Å². The smallest absolute Gasteiger partial charge is 0.348 e. The second-order valence-electron chi connectivity index (χ2n) is 1.06. The summed E-state index contributed by atoms with van der Waals surface area (Å²) in [5, 5.41) is 6.35. The van der Waals surface area contributed by atoms with Gasteiger partial charge in [0.05, 0.1) is 0 Å². The molecule has 0 aliphatic carbocycles. The third-order valence-corrected chi connectivity index (χ3v) is 0.461. The lowest BCUT2D eigenvalue weighted by atomic mass is 10.7. The van der Waals surface area contributed by atoms with Gasteiger partial charge >= 0.3 is 5.97 Å². The van der Waals surface area contributed by atoms with Crippen LogP contribution in [0.25, 0.3) is 0 Å². The molecule has 52 valence electrons. The van der Waals surface area contributed by atoms with E-state index in [1.54, 1.807) is 0 Å². The summed E-state index contributed by atoms with van der Waals surface area (Å²) in [4.78, 5) is 10.1. The Hall–Kier alpha value is -0.830. The average Bonchev–Trinajstić information content (AvgIpc) is 1.83. The maximum absolute atomic E-state index is 10.1. The molecule has 0 amide bonds. The Labute approximate surface area is 59.6 Å². The Morgan fingerprint density at radius 1 is 1.78 bits per heavy atom.